The predicted molar refractivity (Wildman–Crippen MR) is 62.2 cm³/mol. The summed E-state index contributed by atoms with van der Waals surface area (Å²) in [5.41, 5.74) is 5.78. The number of anilines is 1. The molecule has 1 amide bonds. The highest BCUT2D eigenvalue weighted by molar-refractivity contribution is 5.92. The van der Waals surface area contributed by atoms with Gasteiger partial charge in [0.2, 0.25) is 0 Å². The number of imidazole rings is 1. The fourth-order valence-electron chi connectivity index (χ4n) is 1.43. The summed E-state index contributed by atoms with van der Waals surface area (Å²) in [6.45, 7) is 1.42. The Morgan fingerprint density at radius 2 is 2.47 bits per heavy atom. The van der Waals surface area contributed by atoms with Crippen molar-refractivity contribution in [2.45, 2.75) is 13.0 Å². The van der Waals surface area contributed by atoms with E-state index < -0.39 is 0 Å². The van der Waals surface area contributed by atoms with Gasteiger partial charge in [-0.25, -0.2) is 4.98 Å². The third-order valence-electron chi connectivity index (χ3n) is 2.28. The topological polar surface area (TPSA) is 102 Å². The fourth-order valence-corrected chi connectivity index (χ4v) is 1.43. The number of hydrogen-bond donors (Lipinski definition) is 3. The van der Waals surface area contributed by atoms with Gasteiger partial charge < -0.3 is 15.6 Å². The number of carbonyl (C=O) groups is 1. The summed E-state index contributed by atoms with van der Waals surface area (Å²) >= 11 is 0. The highest BCUT2D eigenvalue weighted by Crippen LogP contribution is 1.99. The first-order valence-corrected chi connectivity index (χ1v) is 5.30. The van der Waals surface area contributed by atoms with Crippen LogP contribution in [0.4, 0.5) is 5.82 Å². The van der Waals surface area contributed by atoms with E-state index in [2.05, 4.69) is 20.5 Å². The van der Waals surface area contributed by atoms with Crippen LogP contribution in [0.1, 0.15) is 16.9 Å². The number of aryl methyl sites for hydroxylation is 1. The van der Waals surface area contributed by atoms with E-state index in [9.17, 15) is 4.79 Å². The van der Waals surface area contributed by atoms with Crippen LogP contribution >= 0.6 is 0 Å². The molecule has 2 rings (SSSR count). The smallest absolute Gasteiger partial charge is 0.269 e. The van der Waals surface area contributed by atoms with E-state index in [1.807, 2.05) is 10.8 Å². The number of H-pyrrole nitrogens is 1. The van der Waals surface area contributed by atoms with Crippen LogP contribution in [-0.2, 0) is 6.54 Å². The third-order valence-corrected chi connectivity index (χ3v) is 2.28. The Bertz CT molecular complexity index is 475. The van der Waals surface area contributed by atoms with Gasteiger partial charge in [0.25, 0.3) is 5.91 Å². The van der Waals surface area contributed by atoms with E-state index in [1.54, 1.807) is 12.5 Å². The van der Waals surface area contributed by atoms with Gasteiger partial charge in [-0.1, -0.05) is 0 Å². The lowest BCUT2D eigenvalue weighted by Crippen LogP contribution is -2.25. The largest absolute Gasteiger partial charge is 0.382 e. The van der Waals surface area contributed by atoms with Crippen molar-refractivity contribution >= 4 is 11.7 Å². The molecule has 0 atom stereocenters. The minimum absolute atomic E-state index is 0.195. The lowest BCUT2D eigenvalue weighted by molar-refractivity contribution is 0.0947. The monoisotopic (exact) mass is 234 g/mol. The normalized spacial score (nSPS) is 10.4. The number of aromatic amines is 1. The summed E-state index contributed by atoms with van der Waals surface area (Å²) in [5.74, 6) is 0.119. The zero-order valence-corrected chi connectivity index (χ0v) is 9.26. The highest BCUT2D eigenvalue weighted by atomic mass is 16.1. The Morgan fingerprint density at radius 1 is 1.59 bits per heavy atom. The van der Waals surface area contributed by atoms with Crippen LogP contribution in [0, 0.1) is 0 Å². The van der Waals surface area contributed by atoms with Gasteiger partial charge in [-0.3, -0.25) is 9.89 Å². The molecule has 0 aromatic carbocycles. The number of rotatable bonds is 5. The molecule has 2 aromatic rings. The standard InChI is InChI=1S/C10H14N6O/c11-9-6-8(14-15-9)10(17)13-2-1-4-16-5-3-12-7-16/h3,5-7H,1-2,4H2,(H,13,17)(H3,11,14,15). The van der Waals surface area contributed by atoms with Gasteiger partial charge >= 0.3 is 0 Å². The first-order valence-electron chi connectivity index (χ1n) is 5.30. The molecule has 2 heterocycles. The summed E-state index contributed by atoms with van der Waals surface area (Å²) in [6, 6.07) is 1.51. The Morgan fingerprint density at radius 3 is 3.12 bits per heavy atom. The van der Waals surface area contributed by atoms with Crippen molar-refractivity contribution in [2.24, 2.45) is 0 Å². The molecule has 0 saturated carbocycles. The second-order valence-electron chi connectivity index (χ2n) is 3.62. The molecule has 0 unspecified atom stereocenters. The van der Waals surface area contributed by atoms with E-state index in [1.165, 1.54) is 6.07 Å². The molecule has 2 aromatic heterocycles. The Labute approximate surface area is 98.0 Å². The zero-order valence-electron chi connectivity index (χ0n) is 9.26. The number of aromatic nitrogens is 4. The van der Waals surface area contributed by atoms with Crippen molar-refractivity contribution in [3.05, 3.63) is 30.5 Å². The summed E-state index contributed by atoms with van der Waals surface area (Å²) in [6.07, 6.45) is 6.20. The first kappa shape index (κ1) is 11.2. The molecule has 17 heavy (non-hydrogen) atoms. The lowest BCUT2D eigenvalue weighted by Gasteiger charge is -2.03. The second-order valence-corrected chi connectivity index (χ2v) is 3.62. The van der Waals surface area contributed by atoms with Gasteiger partial charge in [0, 0.05) is 31.5 Å². The number of hydrogen-bond acceptors (Lipinski definition) is 4. The Balaban J connectivity index is 1.70. The molecule has 4 N–H and O–H groups in total. The fraction of sp³-hybridized carbons (Fsp3) is 0.300. The molecule has 0 aliphatic rings. The molecular formula is C10H14N6O. The van der Waals surface area contributed by atoms with Crippen LogP contribution in [0.15, 0.2) is 24.8 Å². The quantitative estimate of drug-likeness (QED) is 0.634. The number of carbonyl (C=O) groups excluding carboxylic acids is 1. The van der Waals surface area contributed by atoms with E-state index >= 15 is 0 Å². The molecule has 0 radical (unpaired) electrons. The maximum absolute atomic E-state index is 11.6. The van der Waals surface area contributed by atoms with E-state index in [0.717, 1.165) is 13.0 Å². The van der Waals surface area contributed by atoms with E-state index in [-0.39, 0.29) is 5.91 Å². The first-order chi connectivity index (χ1) is 8.25. The maximum Gasteiger partial charge on any atom is 0.269 e. The molecule has 0 aliphatic heterocycles. The molecule has 0 saturated heterocycles. The van der Waals surface area contributed by atoms with Crippen LogP contribution in [0.3, 0.4) is 0 Å². The van der Waals surface area contributed by atoms with Crippen molar-refractivity contribution in [1.82, 2.24) is 25.1 Å². The van der Waals surface area contributed by atoms with Gasteiger partial charge in [0.15, 0.2) is 0 Å². The van der Waals surface area contributed by atoms with Crippen LogP contribution in [0.5, 0.6) is 0 Å². The van der Waals surface area contributed by atoms with Crippen molar-refractivity contribution in [2.75, 3.05) is 12.3 Å². The molecule has 90 valence electrons. The Kier molecular flexibility index (Phi) is 3.39. The van der Waals surface area contributed by atoms with Gasteiger partial charge in [-0.05, 0) is 6.42 Å². The summed E-state index contributed by atoms with van der Waals surface area (Å²) in [5, 5.41) is 9.02. The number of amides is 1. The average molecular weight is 234 g/mol. The molecule has 0 bridgehead atoms. The maximum atomic E-state index is 11.6. The lowest BCUT2D eigenvalue weighted by atomic mass is 10.3. The van der Waals surface area contributed by atoms with Crippen molar-refractivity contribution in [3.63, 3.8) is 0 Å². The van der Waals surface area contributed by atoms with E-state index in [0.29, 0.717) is 18.1 Å². The summed E-state index contributed by atoms with van der Waals surface area (Å²) in [4.78, 5) is 15.5. The van der Waals surface area contributed by atoms with Crippen molar-refractivity contribution in [1.29, 1.82) is 0 Å². The third kappa shape index (κ3) is 3.07. The van der Waals surface area contributed by atoms with Crippen LogP contribution in [-0.4, -0.2) is 32.2 Å². The van der Waals surface area contributed by atoms with Gasteiger partial charge in [0.05, 0.1) is 6.33 Å². The van der Waals surface area contributed by atoms with Crippen molar-refractivity contribution < 1.29 is 4.79 Å². The van der Waals surface area contributed by atoms with Gasteiger partial charge in [0.1, 0.15) is 11.5 Å². The average Bonchev–Trinajstić information content (AvgIpc) is 2.95. The minimum atomic E-state index is -0.195. The van der Waals surface area contributed by atoms with Crippen LogP contribution in [0.2, 0.25) is 0 Å². The molecule has 0 aliphatic carbocycles. The van der Waals surface area contributed by atoms with Gasteiger partial charge in [-0.15, -0.1) is 0 Å². The minimum Gasteiger partial charge on any atom is -0.382 e. The number of nitrogen functional groups attached to an aromatic ring is 1. The Hall–Kier alpha value is -2.31. The molecule has 7 heteroatoms. The number of nitrogens with one attached hydrogen (secondary N) is 2. The highest BCUT2D eigenvalue weighted by Gasteiger charge is 2.07. The number of nitrogens with two attached hydrogens (primary N) is 1. The van der Waals surface area contributed by atoms with E-state index in [4.69, 9.17) is 5.73 Å². The van der Waals surface area contributed by atoms with Crippen LogP contribution in [0.25, 0.3) is 0 Å². The molecule has 0 spiro atoms. The zero-order chi connectivity index (χ0) is 12.1. The molecular weight excluding hydrogens is 220 g/mol. The van der Waals surface area contributed by atoms with Crippen LogP contribution < -0.4 is 11.1 Å². The summed E-state index contributed by atoms with van der Waals surface area (Å²) in [7, 11) is 0. The second kappa shape index (κ2) is 5.15. The summed E-state index contributed by atoms with van der Waals surface area (Å²) < 4.78 is 1.96. The van der Waals surface area contributed by atoms with Crippen molar-refractivity contribution in [3.8, 4) is 0 Å². The number of nitrogens with zero attached hydrogens (tertiary/aromatic N) is 3. The predicted octanol–water partition coefficient (Wildman–Crippen LogP) is 0.00850. The SMILES string of the molecule is Nc1cc(C(=O)NCCCn2ccnc2)[nH]n1. The molecule has 0 fully saturated rings. The van der Waals surface area contributed by atoms with Gasteiger partial charge in [-0.2, -0.15) is 5.10 Å². The molecule has 7 nitrogen and oxygen atoms in total.